The molecule has 0 aliphatic carbocycles. The van der Waals surface area contributed by atoms with E-state index in [1.165, 1.54) is 0 Å². The van der Waals surface area contributed by atoms with Crippen LogP contribution in [-0.2, 0) is 0 Å². The van der Waals surface area contributed by atoms with Crippen molar-refractivity contribution in [2.45, 2.75) is 6.92 Å². The number of benzene rings is 1. The van der Waals surface area contributed by atoms with Crippen LogP contribution in [-0.4, -0.2) is 16.1 Å². The van der Waals surface area contributed by atoms with E-state index in [1.54, 1.807) is 18.2 Å². The van der Waals surface area contributed by atoms with Crippen molar-refractivity contribution in [3.63, 3.8) is 0 Å². The second-order valence-electron chi connectivity index (χ2n) is 3.84. The van der Waals surface area contributed by atoms with Gasteiger partial charge in [-0.15, -0.1) is 10.2 Å². The van der Waals surface area contributed by atoms with Gasteiger partial charge in [0.2, 0.25) is 0 Å². The van der Waals surface area contributed by atoms with Gasteiger partial charge in [0.15, 0.2) is 11.5 Å². The third-order valence-corrected chi connectivity index (χ3v) is 3.54. The molecule has 0 spiro atoms. The average molecular weight is 322 g/mol. The van der Waals surface area contributed by atoms with Crippen LogP contribution >= 0.6 is 15.9 Å². The molecule has 2 aromatic rings. The number of aryl methyl sites for hydroxylation is 1. The predicted octanol–water partition coefficient (Wildman–Crippen LogP) is 2.09. The first-order chi connectivity index (χ1) is 9.11. The summed E-state index contributed by atoms with van der Waals surface area (Å²) in [6.45, 7) is 1.95. The van der Waals surface area contributed by atoms with Crippen molar-refractivity contribution in [1.29, 1.82) is 0 Å². The fraction of sp³-hybridized carbons (Fsp3) is 0.0833. The van der Waals surface area contributed by atoms with Crippen LogP contribution in [0.2, 0.25) is 0 Å². The van der Waals surface area contributed by atoms with Crippen LogP contribution in [0.5, 0.6) is 0 Å². The average Bonchev–Trinajstić information content (AvgIpc) is 2.44. The maximum atomic E-state index is 12.0. The van der Waals surface area contributed by atoms with E-state index in [1.807, 2.05) is 19.1 Å². The molecule has 0 saturated heterocycles. The Bertz CT molecular complexity index is 600. The van der Waals surface area contributed by atoms with Gasteiger partial charge in [-0.3, -0.25) is 4.79 Å². The van der Waals surface area contributed by atoms with Crippen molar-refractivity contribution >= 4 is 33.3 Å². The van der Waals surface area contributed by atoms with Gasteiger partial charge in [0.05, 0.1) is 5.69 Å². The second-order valence-corrected chi connectivity index (χ2v) is 4.63. The molecule has 2 rings (SSSR count). The number of nitrogens with zero attached hydrogens (tertiary/aromatic N) is 2. The number of rotatable bonds is 3. The number of hydrogen-bond donors (Lipinski definition) is 3. The van der Waals surface area contributed by atoms with Crippen LogP contribution in [0.25, 0.3) is 0 Å². The first-order valence-electron chi connectivity index (χ1n) is 5.48. The minimum absolute atomic E-state index is 0.215. The van der Waals surface area contributed by atoms with Gasteiger partial charge in [0.25, 0.3) is 5.91 Å². The van der Waals surface area contributed by atoms with Crippen LogP contribution in [0.3, 0.4) is 0 Å². The summed E-state index contributed by atoms with van der Waals surface area (Å²) in [5.41, 5.74) is 4.28. The maximum absolute atomic E-state index is 12.0. The number of nitrogens with one attached hydrogen (secondary N) is 2. The molecule has 0 radical (unpaired) electrons. The van der Waals surface area contributed by atoms with Gasteiger partial charge in [0.1, 0.15) is 0 Å². The van der Waals surface area contributed by atoms with Crippen LogP contribution in [0.15, 0.2) is 34.8 Å². The number of hydrogen-bond acceptors (Lipinski definition) is 5. The Hall–Kier alpha value is -1.99. The summed E-state index contributed by atoms with van der Waals surface area (Å²) in [6.07, 6.45) is 0. The molecule has 6 nitrogen and oxygen atoms in total. The minimum Gasteiger partial charge on any atom is -0.320 e. The standard InChI is InChI=1S/C12H12BrN5O/c1-7-3-2-4-8(11(7)13)15-12(19)9-5-6-10(16-14)18-17-9/h2-6H,14H2,1H3,(H,15,19)(H,16,18). The molecule has 98 valence electrons. The summed E-state index contributed by atoms with van der Waals surface area (Å²) in [4.78, 5) is 12.0. The van der Waals surface area contributed by atoms with E-state index in [9.17, 15) is 4.79 Å². The van der Waals surface area contributed by atoms with E-state index in [2.05, 4.69) is 36.9 Å². The molecule has 1 aromatic heterocycles. The van der Waals surface area contributed by atoms with Gasteiger partial charge in [0, 0.05) is 4.47 Å². The highest BCUT2D eigenvalue weighted by atomic mass is 79.9. The molecule has 1 heterocycles. The number of amides is 1. The fourth-order valence-electron chi connectivity index (χ4n) is 1.46. The summed E-state index contributed by atoms with van der Waals surface area (Å²) < 4.78 is 0.844. The second kappa shape index (κ2) is 5.77. The number of nitrogen functional groups attached to an aromatic ring is 1. The van der Waals surface area contributed by atoms with E-state index in [0.717, 1.165) is 10.0 Å². The molecule has 0 aliphatic heterocycles. The molecule has 0 aliphatic rings. The molecule has 0 atom stereocenters. The fourth-order valence-corrected chi connectivity index (χ4v) is 1.82. The van der Waals surface area contributed by atoms with Crippen molar-refractivity contribution in [3.05, 3.63) is 46.1 Å². The van der Waals surface area contributed by atoms with Crippen molar-refractivity contribution in [1.82, 2.24) is 10.2 Å². The zero-order valence-electron chi connectivity index (χ0n) is 10.1. The van der Waals surface area contributed by atoms with Gasteiger partial charge < -0.3 is 10.7 Å². The molecular weight excluding hydrogens is 310 g/mol. The van der Waals surface area contributed by atoms with Crippen molar-refractivity contribution < 1.29 is 4.79 Å². The number of anilines is 2. The van der Waals surface area contributed by atoms with Crippen LogP contribution < -0.4 is 16.6 Å². The minimum atomic E-state index is -0.331. The molecule has 1 amide bonds. The first kappa shape index (κ1) is 13.4. The lowest BCUT2D eigenvalue weighted by molar-refractivity contribution is 0.102. The molecule has 4 N–H and O–H groups in total. The normalized spacial score (nSPS) is 10.1. The van der Waals surface area contributed by atoms with Crippen LogP contribution in [0.1, 0.15) is 16.1 Å². The smallest absolute Gasteiger partial charge is 0.276 e. The summed E-state index contributed by atoms with van der Waals surface area (Å²) >= 11 is 3.43. The zero-order valence-corrected chi connectivity index (χ0v) is 11.7. The van der Waals surface area contributed by atoms with Gasteiger partial charge in [-0.25, -0.2) is 5.84 Å². The van der Waals surface area contributed by atoms with Gasteiger partial charge in [-0.2, -0.15) is 0 Å². The quantitative estimate of drug-likeness (QED) is 0.594. The number of hydrazine groups is 1. The van der Waals surface area contributed by atoms with E-state index >= 15 is 0 Å². The van der Waals surface area contributed by atoms with Crippen LogP contribution in [0, 0.1) is 6.92 Å². The third kappa shape index (κ3) is 3.07. The van der Waals surface area contributed by atoms with Gasteiger partial charge in [-0.05, 0) is 46.6 Å². The van der Waals surface area contributed by atoms with E-state index in [-0.39, 0.29) is 11.6 Å². The molecule has 0 saturated carbocycles. The Morgan fingerprint density at radius 3 is 2.68 bits per heavy atom. The summed E-state index contributed by atoms with van der Waals surface area (Å²) in [7, 11) is 0. The molecule has 0 unspecified atom stereocenters. The lowest BCUT2D eigenvalue weighted by Crippen LogP contribution is -2.16. The summed E-state index contributed by atoms with van der Waals surface area (Å²) in [5.74, 6) is 5.24. The van der Waals surface area contributed by atoms with Crippen LogP contribution in [0.4, 0.5) is 11.5 Å². The molecular formula is C12H12BrN5O. The van der Waals surface area contributed by atoms with Gasteiger partial charge in [-0.1, -0.05) is 12.1 Å². The maximum Gasteiger partial charge on any atom is 0.276 e. The highest BCUT2D eigenvalue weighted by Gasteiger charge is 2.11. The highest BCUT2D eigenvalue weighted by Crippen LogP contribution is 2.25. The van der Waals surface area contributed by atoms with Crippen molar-refractivity contribution in [3.8, 4) is 0 Å². The lowest BCUT2D eigenvalue weighted by Gasteiger charge is -2.08. The molecule has 0 fully saturated rings. The molecule has 1 aromatic carbocycles. The number of nitrogens with two attached hydrogens (primary N) is 1. The molecule has 7 heteroatoms. The topological polar surface area (TPSA) is 92.9 Å². The first-order valence-corrected chi connectivity index (χ1v) is 6.28. The number of halogens is 1. The zero-order chi connectivity index (χ0) is 13.8. The Morgan fingerprint density at radius 2 is 2.05 bits per heavy atom. The third-order valence-electron chi connectivity index (χ3n) is 2.49. The summed E-state index contributed by atoms with van der Waals surface area (Å²) in [6, 6.07) is 8.73. The number of carbonyl (C=O) groups excluding carboxylic acids is 1. The van der Waals surface area contributed by atoms with Crippen molar-refractivity contribution in [2.75, 3.05) is 10.7 Å². The van der Waals surface area contributed by atoms with E-state index < -0.39 is 0 Å². The Morgan fingerprint density at radius 1 is 1.26 bits per heavy atom. The SMILES string of the molecule is Cc1cccc(NC(=O)c2ccc(NN)nn2)c1Br. The van der Waals surface area contributed by atoms with Gasteiger partial charge >= 0.3 is 0 Å². The molecule has 0 bridgehead atoms. The Labute approximate surface area is 118 Å². The largest absolute Gasteiger partial charge is 0.320 e. The monoisotopic (exact) mass is 321 g/mol. The highest BCUT2D eigenvalue weighted by molar-refractivity contribution is 9.10. The molecule has 19 heavy (non-hydrogen) atoms. The van der Waals surface area contributed by atoms with Crippen molar-refractivity contribution in [2.24, 2.45) is 5.84 Å². The summed E-state index contributed by atoms with van der Waals surface area (Å²) in [5, 5.41) is 10.3. The Kier molecular flexibility index (Phi) is 4.08. The Balaban J connectivity index is 2.18. The number of carbonyl (C=O) groups is 1. The van der Waals surface area contributed by atoms with E-state index in [0.29, 0.717) is 11.5 Å². The lowest BCUT2D eigenvalue weighted by atomic mass is 10.2. The van der Waals surface area contributed by atoms with E-state index in [4.69, 9.17) is 5.84 Å². The predicted molar refractivity (Wildman–Crippen MR) is 76.7 cm³/mol. The number of aromatic nitrogens is 2.